The molecule has 0 fully saturated rings. The molecule has 0 spiro atoms. The van der Waals surface area contributed by atoms with Crippen LogP contribution in [0, 0.1) is 0 Å². The van der Waals surface area contributed by atoms with Gasteiger partial charge in [0, 0.05) is 20.1 Å². The average molecular weight is 276 g/mol. The Bertz CT molecular complexity index is 369. The highest BCUT2D eigenvalue weighted by Crippen LogP contribution is 2.30. The van der Waals surface area contributed by atoms with E-state index in [1.54, 1.807) is 6.07 Å². The van der Waals surface area contributed by atoms with Crippen molar-refractivity contribution in [2.75, 3.05) is 30.4 Å². The monoisotopic (exact) mass is 275 g/mol. The highest BCUT2D eigenvalue weighted by atomic mass is 35.5. The number of hydrogen-bond donors (Lipinski definition) is 1. The Morgan fingerprint density at radius 1 is 1.29 bits per heavy atom. The molecule has 0 aromatic carbocycles. The maximum absolute atomic E-state index is 6.16. The lowest BCUT2D eigenvalue weighted by atomic mass is 10.3. The molecule has 0 amide bonds. The fourth-order valence-corrected chi connectivity index (χ4v) is 2.09. The van der Waals surface area contributed by atoms with Crippen LogP contribution in [0.3, 0.4) is 0 Å². The Labute approximate surface area is 113 Å². The normalized spacial score (nSPS) is 10.4. The summed E-state index contributed by atoms with van der Waals surface area (Å²) >= 11 is 12.2. The van der Waals surface area contributed by atoms with Crippen LogP contribution in [0.25, 0.3) is 0 Å². The van der Waals surface area contributed by atoms with Gasteiger partial charge >= 0.3 is 0 Å². The van der Waals surface area contributed by atoms with Gasteiger partial charge in [0.25, 0.3) is 0 Å². The molecule has 1 heterocycles. The molecule has 1 aromatic rings. The molecule has 0 aliphatic heterocycles. The van der Waals surface area contributed by atoms with Crippen LogP contribution in [0.1, 0.15) is 26.7 Å². The van der Waals surface area contributed by atoms with E-state index >= 15 is 0 Å². The molecular formula is C12H19Cl2N3. The van der Waals surface area contributed by atoms with Gasteiger partial charge in [-0.05, 0) is 19.4 Å². The largest absolute Gasteiger partial charge is 0.369 e. The summed E-state index contributed by atoms with van der Waals surface area (Å²) in [6, 6.07) is 1.74. The van der Waals surface area contributed by atoms with Gasteiger partial charge in [0.05, 0.1) is 10.0 Å². The molecule has 96 valence electrons. The second-order valence-electron chi connectivity index (χ2n) is 3.93. The third kappa shape index (κ3) is 3.93. The first kappa shape index (κ1) is 14.4. The van der Waals surface area contributed by atoms with Crippen LogP contribution in [0.4, 0.5) is 11.6 Å². The zero-order valence-corrected chi connectivity index (χ0v) is 12.1. The molecule has 0 radical (unpaired) electrons. The summed E-state index contributed by atoms with van der Waals surface area (Å²) in [5.74, 6) is 1.47. The minimum absolute atomic E-state index is 0.560. The van der Waals surface area contributed by atoms with Crippen LogP contribution in [-0.2, 0) is 0 Å². The van der Waals surface area contributed by atoms with Crippen LogP contribution < -0.4 is 10.2 Å². The highest BCUT2D eigenvalue weighted by molar-refractivity contribution is 6.37. The zero-order valence-electron chi connectivity index (χ0n) is 10.6. The molecule has 0 unspecified atom stereocenters. The lowest BCUT2D eigenvalue weighted by Crippen LogP contribution is -2.20. The molecule has 0 saturated heterocycles. The van der Waals surface area contributed by atoms with Gasteiger partial charge in [0.2, 0.25) is 0 Å². The van der Waals surface area contributed by atoms with E-state index in [2.05, 4.69) is 22.1 Å². The summed E-state index contributed by atoms with van der Waals surface area (Å²) in [5, 5.41) is 4.28. The number of halogens is 2. The summed E-state index contributed by atoms with van der Waals surface area (Å²) in [6.07, 6.45) is 2.27. The van der Waals surface area contributed by atoms with Gasteiger partial charge in [0.15, 0.2) is 0 Å². The first-order valence-electron chi connectivity index (χ1n) is 5.91. The van der Waals surface area contributed by atoms with Crippen LogP contribution in [0.5, 0.6) is 0 Å². The Kier molecular flexibility index (Phi) is 5.86. The summed E-state index contributed by atoms with van der Waals surface area (Å²) in [6.45, 7) is 5.89. The van der Waals surface area contributed by atoms with Crippen LogP contribution in [0.2, 0.25) is 10.0 Å². The van der Waals surface area contributed by atoms with Crippen molar-refractivity contribution in [3.8, 4) is 0 Å². The summed E-state index contributed by atoms with van der Waals surface area (Å²) in [7, 11) is 1.99. The summed E-state index contributed by atoms with van der Waals surface area (Å²) in [5.41, 5.74) is 0. The molecule has 0 atom stereocenters. The Morgan fingerprint density at radius 3 is 2.59 bits per heavy atom. The molecule has 5 heteroatoms. The fraction of sp³-hybridized carbons (Fsp3) is 0.583. The minimum atomic E-state index is 0.560. The molecule has 0 saturated carbocycles. The number of anilines is 2. The van der Waals surface area contributed by atoms with E-state index in [1.165, 1.54) is 0 Å². The minimum Gasteiger partial charge on any atom is -0.369 e. The Morgan fingerprint density at radius 2 is 2.00 bits per heavy atom. The van der Waals surface area contributed by atoms with Crippen molar-refractivity contribution in [3.05, 3.63) is 16.1 Å². The van der Waals surface area contributed by atoms with Crippen LogP contribution in [0.15, 0.2) is 6.07 Å². The van der Waals surface area contributed by atoms with Crippen molar-refractivity contribution in [2.45, 2.75) is 26.7 Å². The Hall–Kier alpha value is -0.670. The molecule has 17 heavy (non-hydrogen) atoms. The molecule has 1 aromatic heterocycles. The third-order valence-corrected chi connectivity index (χ3v) is 3.03. The average Bonchev–Trinajstić information content (AvgIpc) is 2.29. The third-order valence-electron chi connectivity index (χ3n) is 2.46. The van der Waals surface area contributed by atoms with Crippen LogP contribution in [-0.4, -0.2) is 25.1 Å². The van der Waals surface area contributed by atoms with E-state index < -0.39 is 0 Å². The van der Waals surface area contributed by atoms with E-state index in [0.29, 0.717) is 15.9 Å². The van der Waals surface area contributed by atoms with Gasteiger partial charge in [-0.25, -0.2) is 4.98 Å². The molecular weight excluding hydrogens is 257 g/mol. The van der Waals surface area contributed by atoms with Crippen molar-refractivity contribution in [1.29, 1.82) is 0 Å². The van der Waals surface area contributed by atoms with E-state index in [-0.39, 0.29) is 0 Å². The number of hydrogen-bond acceptors (Lipinski definition) is 3. The van der Waals surface area contributed by atoms with Gasteiger partial charge in [0.1, 0.15) is 11.6 Å². The molecule has 0 bridgehead atoms. The molecule has 1 N–H and O–H groups in total. The molecule has 1 rings (SSSR count). The number of unbranched alkanes of at least 4 members (excludes halogenated alkanes) is 1. The second-order valence-corrected chi connectivity index (χ2v) is 4.74. The van der Waals surface area contributed by atoms with E-state index in [9.17, 15) is 0 Å². The summed E-state index contributed by atoms with van der Waals surface area (Å²) in [4.78, 5) is 6.52. The van der Waals surface area contributed by atoms with Crippen LogP contribution >= 0.6 is 23.2 Å². The lowest BCUT2D eigenvalue weighted by molar-refractivity contribution is 0.760. The zero-order chi connectivity index (χ0) is 12.8. The van der Waals surface area contributed by atoms with Gasteiger partial charge in [-0.3, -0.25) is 0 Å². The fourth-order valence-electron chi connectivity index (χ4n) is 1.52. The SMILES string of the molecule is CCCCN(C)c1nc(NCC)c(Cl)cc1Cl. The topological polar surface area (TPSA) is 28.2 Å². The second kappa shape index (κ2) is 6.92. The highest BCUT2D eigenvalue weighted by Gasteiger charge is 2.12. The number of nitrogens with zero attached hydrogens (tertiary/aromatic N) is 2. The van der Waals surface area contributed by atoms with Crippen molar-refractivity contribution in [2.24, 2.45) is 0 Å². The predicted octanol–water partition coefficient (Wildman–Crippen LogP) is 4.06. The van der Waals surface area contributed by atoms with E-state index in [4.69, 9.17) is 23.2 Å². The number of pyridine rings is 1. The van der Waals surface area contributed by atoms with E-state index in [1.807, 2.05) is 14.0 Å². The smallest absolute Gasteiger partial charge is 0.149 e. The van der Waals surface area contributed by atoms with Crippen molar-refractivity contribution < 1.29 is 0 Å². The predicted molar refractivity (Wildman–Crippen MR) is 76.6 cm³/mol. The maximum atomic E-state index is 6.16. The van der Waals surface area contributed by atoms with Gasteiger partial charge in [-0.1, -0.05) is 36.5 Å². The number of nitrogens with one attached hydrogen (secondary N) is 1. The Balaban J connectivity index is 2.93. The van der Waals surface area contributed by atoms with Crippen molar-refractivity contribution >= 4 is 34.8 Å². The van der Waals surface area contributed by atoms with E-state index in [0.717, 1.165) is 31.7 Å². The van der Waals surface area contributed by atoms with Crippen molar-refractivity contribution in [3.63, 3.8) is 0 Å². The van der Waals surface area contributed by atoms with Gasteiger partial charge in [-0.15, -0.1) is 0 Å². The number of rotatable bonds is 6. The summed E-state index contributed by atoms with van der Waals surface area (Å²) < 4.78 is 0. The van der Waals surface area contributed by atoms with Gasteiger partial charge in [-0.2, -0.15) is 0 Å². The lowest BCUT2D eigenvalue weighted by Gasteiger charge is -2.20. The maximum Gasteiger partial charge on any atom is 0.149 e. The quantitative estimate of drug-likeness (QED) is 0.849. The number of aromatic nitrogens is 1. The standard InChI is InChI=1S/C12H19Cl2N3/c1-4-6-7-17(3)12-10(14)8-9(13)11(16-12)15-5-2/h8H,4-7H2,1-3H3,(H,15,16). The molecule has 0 aliphatic rings. The first-order chi connectivity index (χ1) is 8.10. The molecule has 3 nitrogen and oxygen atoms in total. The van der Waals surface area contributed by atoms with Crippen molar-refractivity contribution in [1.82, 2.24) is 4.98 Å². The first-order valence-corrected chi connectivity index (χ1v) is 6.66. The van der Waals surface area contributed by atoms with Gasteiger partial charge < -0.3 is 10.2 Å². The molecule has 0 aliphatic carbocycles.